The maximum Gasteiger partial charge on any atom is 0.338 e. The molecule has 0 amide bonds. The van der Waals surface area contributed by atoms with Crippen LogP contribution in [0.3, 0.4) is 0 Å². The van der Waals surface area contributed by atoms with Crippen LogP contribution >= 0.6 is 0 Å². The summed E-state index contributed by atoms with van der Waals surface area (Å²) in [6.07, 6.45) is 18.4. The van der Waals surface area contributed by atoms with Crippen molar-refractivity contribution in [3.05, 3.63) is 35.4 Å². The largest absolute Gasteiger partial charge is 0.459 e. The smallest absolute Gasteiger partial charge is 0.338 e. The van der Waals surface area contributed by atoms with Gasteiger partial charge in [-0.05, 0) is 87.3 Å². The van der Waals surface area contributed by atoms with E-state index in [-0.39, 0.29) is 17.5 Å². The number of carbonyl (C=O) groups is 1. The molecule has 2 aliphatic rings. The van der Waals surface area contributed by atoms with Gasteiger partial charge in [0.15, 0.2) is 0 Å². The molecule has 0 heterocycles. The third kappa shape index (κ3) is 7.59. The van der Waals surface area contributed by atoms with Crippen LogP contribution < -0.4 is 0 Å². The number of nitrogens with zero attached hydrogens (tertiary/aromatic N) is 1. The molecule has 0 bridgehead atoms. The van der Waals surface area contributed by atoms with Crippen molar-refractivity contribution in [3.63, 3.8) is 0 Å². The van der Waals surface area contributed by atoms with E-state index in [1.807, 2.05) is 12.1 Å². The van der Waals surface area contributed by atoms with Crippen LogP contribution in [0.2, 0.25) is 0 Å². The zero-order chi connectivity index (χ0) is 23.5. The van der Waals surface area contributed by atoms with Crippen LogP contribution in [0.25, 0.3) is 0 Å². The molecule has 2 fully saturated rings. The monoisotopic (exact) mass is 451 g/mol. The highest BCUT2D eigenvalue weighted by Gasteiger charge is 2.36. The summed E-state index contributed by atoms with van der Waals surface area (Å²) in [4.78, 5) is 12.7. The van der Waals surface area contributed by atoms with E-state index in [9.17, 15) is 10.1 Å². The third-order valence-corrected chi connectivity index (χ3v) is 8.32. The van der Waals surface area contributed by atoms with Crippen molar-refractivity contribution in [1.29, 1.82) is 5.26 Å². The molecule has 0 aromatic heterocycles. The van der Waals surface area contributed by atoms with Gasteiger partial charge in [-0.2, -0.15) is 5.26 Å². The number of unbranched alkanes of at least 4 members (excludes halogenated alkanes) is 4. The number of ether oxygens (including phenoxy) is 1. The molecule has 1 aromatic rings. The summed E-state index contributed by atoms with van der Waals surface area (Å²) in [5, 5.41) is 9.81. The molecular weight excluding hydrogens is 406 g/mol. The molecule has 3 rings (SSSR count). The Labute approximate surface area is 202 Å². The lowest BCUT2D eigenvalue weighted by molar-refractivity contribution is 0.0105. The van der Waals surface area contributed by atoms with Gasteiger partial charge in [0.05, 0.1) is 17.0 Å². The molecule has 0 N–H and O–H groups in total. The topological polar surface area (TPSA) is 50.1 Å². The van der Waals surface area contributed by atoms with Gasteiger partial charge in [0.1, 0.15) is 6.10 Å². The van der Waals surface area contributed by atoms with Gasteiger partial charge in [-0.15, -0.1) is 0 Å². The molecule has 0 atom stereocenters. The summed E-state index contributed by atoms with van der Waals surface area (Å²) in [6, 6.07) is 10.8. The number of rotatable bonds is 11. The van der Waals surface area contributed by atoms with Gasteiger partial charge in [0, 0.05) is 0 Å². The zero-order valence-corrected chi connectivity index (χ0v) is 21.1. The van der Waals surface area contributed by atoms with Gasteiger partial charge in [-0.3, -0.25) is 0 Å². The van der Waals surface area contributed by atoms with Gasteiger partial charge < -0.3 is 4.74 Å². The first-order chi connectivity index (χ1) is 16.1. The first-order valence-electron chi connectivity index (χ1n) is 13.8. The van der Waals surface area contributed by atoms with E-state index in [4.69, 9.17) is 4.74 Å². The predicted molar refractivity (Wildman–Crippen MR) is 135 cm³/mol. The van der Waals surface area contributed by atoms with Crippen molar-refractivity contribution in [2.24, 2.45) is 11.3 Å². The van der Waals surface area contributed by atoms with E-state index in [1.165, 1.54) is 69.8 Å². The van der Waals surface area contributed by atoms with Crippen LogP contribution in [0.15, 0.2) is 24.3 Å². The fraction of sp³-hybridized carbons (Fsp3) is 0.733. The van der Waals surface area contributed by atoms with Gasteiger partial charge in [-0.25, -0.2) is 4.79 Å². The fourth-order valence-electron chi connectivity index (χ4n) is 6.05. The summed E-state index contributed by atoms with van der Waals surface area (Å²) in [5.74, 6) is 1.35. The minimum absolute atomic E-state index is 0.0485. The lowest BCUT2D eigenvalue weighted by Gasteiger charge is -2.34. The molecule has 1 aromatic carbocycles. The van der Waals surface area contributed by atoms with Crippen LogP contribution in [-0.4, -0.2) is 12.1 Å². The lowest BCUT2D eigenvalue weighted by Crippen LogP contribution is -2.31. The van der Waals surface area contributed by atoms with Crippen molar-refractivity contribution < 1.29 is 9.53 Å². The van der Waals surface area contributed by atoms with E-state index in [1.54, 1.807) is 0 Å². The number of nitriles is 1. The maximum absolute atomic E-state index is 12.7. The Morgan fingerprint density at radius 3 is 2.21 bits per heavy atom. The Morgan fingerprint density at radius 2 is 1.61 bits per heavy atom. The average Bonchev–Trinajstić information content (AvgIpc) is 2.86. The van der Waals surface area contributed by atoms with Crippen molar-refractivity contribution in [2.45, 2.75) is 129 Å². The van der Waals surface area contributed by atoms with Crippen molar-refractivity contribution in [2.75, 3.05) is 0 Å². The van der Waals surface area contributed by atoms with E-state index in [2.05, 4.69) is 32.0 Å². The Balaban J connectivity index is 1.43. The molecule has 3 heteroatoms. The van der Waals surface area contributed by atoms with Crippen LogP contribution in [0.5, 0.6) is 0 Å². The Morgan fingerprint density at radius 1 is 0.939 bits per heavy atom. The van der Waals surface area contributed by atoms with E-state index < -0.39 is 0 Å². The third-order valence-electron chi connectivity index (χ3n) is 8.32. The molecule has 2 aliphatic carbocycles. The predicted octanol–water partition coefficient (Wildman–Crippen LogP) is 8.73. The first kappa shape index (κ1) is 25.8. The van der Waals surface area contributed by atoms with Gasteiger partial charge in [0.25, 0.3) is 0 Å². The summed E-state index contributed by atoms with van der Waals surface area (Å²) in [5.41, 5.74) is 1.83. The first-order valence-corrected chi connectivity index (χ1v) is 13.8. The van der Waals surface area contributed by atoms with E-state index in [0.717, 1.165) is 44.4 Å². The lowest BCUT2D eigenvalue weighted by atomic mass is 9.71. The average molecular weight is 452 g/mol. The molecule has 2 saturated carbocycles. The molecule has 182 valence electrons. The maximum atomic E-state index is 12.7. The van der Waals surface area contributed by atoms with E-state index >= 15 is 0 Å². The summed E-state index contributed by atoms with van der Waals surface area (Å²) in [7, 11) is 0. The normalized spacial score (nSPS) is 27.6. The molecule has 0 radical (unpaired) electrons. The van der Waals surface area contributed by atoms with Gasteiger partial charge in [-0.1, -0.05) is 70.9 Å². The van der Waals surface area contributed by atoms with Crippen LogP contribution in [0, 0.1) is 22.7 Å². The number of hydrogen-bond donors (Lipinski definition) is 0. The highest BCUT2D eigenvalue weighted by atomic mass is 16.5. The number of carbonyl (C=O) groups excluding carboxylic acids is 1. The van der Waals surface area contributed by atoms with Crippen molar-refractivity contribution in [1.82, 2.24) is 0 Å². The highest BCUT2D eigenvalue weighted by Crippen LogP contribution is 2.41. The van der Waals surface area contributed by atoms with Crippen molar-refractivity contribution in [3.8, 4) is 6.07 Å². The molecule has 33 heavy (non-hydrogen) atoms. The Kier molecular flexibility index (Phi) is 10.3. The summed E-state index contributed by atoms with van der Waals surface area (Å²) >= 11 is 0. The van der Waals surface area contributed by atoms with Crippen molar-refractivity contribution >= 4 is 5.97 Å². The number of esters is 1. The minimum Gasteiger partial charge on any atom is -0.459 e. The number of benzene rings is 1. The zero-order valence-electron chi connectivity index (χ0n) is 21.1. The second-order valence-electron chi connectivity index (χ2n) is 10.8. The highest BCUT2D eigenvalue weighted by molar-refractivity contribution is 5.89. The molecule has 0 unspecified atom stereocenters. The molecule has 3 nitrogen and oxygen atoms in total. The fourth-order valence-corrected chi connectivity index (χ4v) is 6.05. The molecule has 0 spiro atoms. The Hall–Kier alpha value is -1.82. The molecular formula is C30H45NO2. The van der Waals surface area contributed by atoms with Gasteiger partial charge >= 0.3 is 5.97 Å². The van der Waals surface area contributed by atoms with Crippen LogP contribution in [-0.2, 0) is 4.74 Å². The Bertz CT molecular complexity index is 746. The van der Waals surface area contributed by atoms with Crippen LogP contribution in [0.4, 0.5) is 0 Å². The number of hydrogen-bond acceptors (Lipinski definition) is 3. The van der Waals surface area contributed by atoms with E-state index in [0.29, 0.717) is 11.5 Å². The molecule has 0 aliphatic heterocycles. The van der Waals surface area contributed by atoms with Crippen LogP contribution in [0.1, 0.15) is 138 Å². The summed E-state index contributed by atoms with van der Waals surface area (Å²) < 4.78 is 5.85. The molecule has 0 saturated heterocycles. The minimum atomic E-state index is -0.206. The summed E-state index contributed by atoms with van der Waals surface area (Å²) in [6.45, 7) is 4.51. The van der Waals surface area contributed by atoms with Gasteiger partial charge in [0.2, 0.25) is 0 Å². The SMILES string of the molecule is CCCCCCCC1(C#N)CCC(OC(=O)c2ccc(C3CCC(CCC)CC3)cc2)CC1. The quantitative estimate of drug-likeness (QED) is 0.249. The second-order valence-corrected chi connectivity index (χ2v) is 10.8. The standard InChI is InChI=1S/C30H45NO2/c1-3-5-6-7-8-20-30(23-31)21-18-28(19-22-30)33-29(32)27-16-14-26(15-17-27)25-12-10-24(9-4-2)11-13-25/h14-17,24-25,28H,3-13,18-22H2,1-2H3. The second kappa shape index (κ2) is 13.2.